The molecule has 11 nitrogen and oxygen atoms in total. The number of phosphoric acid groups is 1. The van der Waals surface area contributed by atoms with Crippen molar-refractivity contribution in [1.29, 1.82) is 0 Å². The van der Waals surface area contributed by atoms with E-state index in [4.69, 9.17) is 23.3 Å². The second-order valence-corrected chi connectivity index (χ2v) is 22.6. The molecule has 82 heavy (non-hydrogen) atoms. The molecule has 0 fully saturated rings. The first kappa shape index (κ1) is 77.9. The summed E-state index contributed by atoms with van der Waals surface area (Å²) in [6.07, 6.45) is 78.7. The second kappa shape index (κ2) is 62.9. The van der Waals surface area contributed by atoms with Gasteiger partial charge in [0.1, 0.15) is 12.7 Å². The number of hydrogen-bond acceptors (Lipinski definition) is 10. The van der Waals surface area contributed by atoms with E-state index >= 15 is 0 Å². The standard InChI is InChI=1S/C70H117O11P/c1-4-7-10-13-16-19-22-25-28-31-33-36-39-42-45-48-51-54-57-60-69(73)80-66(62-71)64-78-82(75,76)79-65-67(63-77-68(72)59-56-53-50-47-44-41-38-35-30-27-24-21-18-15-12-9-6-3)81-70(74)61-58-55-52-49-46-43-40-37-34-32-29-26-23-20-17-14-11-8-5-2/h8,11,16-17,19-20,25-30,33-34,36-37,43,46,52,55,66-67,71H,4-7,9-10,12-15,18,21-24,31-32,35,38-42,44-45,47-51,53-54,56-65H2,1-3H3,(H,75,76)/b11-8-,19-16-,20-17-,28-25-,29-26-,30-27-,36-33-,37-34-,46-43-,55-52-. The third kappa shape index (κ3) is 60.5. The highest BCUT2D eigenvalue weighted by Crippen LogP contribution is 2.43. The van der Waals surface area contributed by atoms with Crippen LogP contribution in [0, 0.1) is 0 Å². The van der Waals surface area contributed by atoms with Gasteiger partial charge in [0, 0.05) is 19.3 Å². The summed E-state index contributed by atoms with van der Waals surface area (Å²) in [5, 5.41) is 9.86. The van der Waals surface area contributed by atoms with Gasteiger partial charge < -0.3 is 24.2 Å². The van der Waals surface area contributed by atoms with E-state index in [-0.39, 0.29) is 25.9 Å². The zero-order valence-electron chi connectivity index (χ0n) is 51.9. The molecule has 468 valence electrons. The molecule has 3 unspecified atom stereocenters. The van der Waals surface area contributed by atoms with Gasteiger partial charge in [0.05, 0.1) is 19.8 Å². The molecule has 0 aliphatic heterocycles. The highest BCUT2D eigenvalue weighted by molar-refractivity contribution is 7.47. The van der Waals surface area contributed by atoms with Crippen LogP contribution in [0.1, 0.15) is 265 Å². The number of phosphoric ester groups is 1. The lowest BCUT2D eigenvalue weighted by molar-refractivity contribution is -0.161. The number of aliphatic hydroxyl groups is 1. The van der Waals surface area contributed by atoms with Gasteiger partial charge in [0.15, 0.2) is 6.10 Å². The minimum absolute atomic E-state index is 0.0355. The fraction of sp³-hybridized carbons (Fsp3) is 0.671. The summed E-state index contributed by atoms with van der Waals surface area (Å²) in [5.41, 5.74) is 0. The molecule has 0 bridgehead atoms. The molecule has 12 heteroatoms. The molecule has 0 aromatic heterocycles. The zero-order chi connectivity index (χ0) is 59.8. The summed E-state index contributed by atoms with van der Waals surface area (Å²) < 4.78 is 39.6. The first-order valence-corrected chi connectivity index (χ1v) is 33.9. The number of carbonyl (C=O) groups excluding carboxylic acids is 3. The summed E-state index contributed by atoms with van der Waals surface area (Å²) in [4.78, 5) is 48.7. The third-order valence-electron chi connectivity index (χ3n) is 13.4. The number of allylic oxidation sites excluding steroid dienone is 20. The van der Waals surface area contributed by atoms with E-state index in [2.05, 4.69) is 130 Å². The SMILES string of the molecule is CC/C=C\C/C=C\C/C=C\C/C=C\C/C=C\C/C=C\CCC(=O)OC(COC(=O)CCCCCCCCC/C=C\CCCCCCCC)COP(=O)(O)OCC(CO)OC(=O)CCCCCCCC/C=C\C/C=C\C/C=C\CCCCC. The highest BCUT2D eigenvalue weighted by atomic mass is 31.2. The summed E-state index contributed by atoms with van der Waals surface area (Å²) in [6.45, 7) is 4.41. The lowest BCUT2D eigenvalue weighted by atomic mass is 10.1. The van der Waals surface area contributed by atoms with Crippen LogP contribution >= 0.6 is 7.82 Å². The third-order valence-corrected chi connectivity index (χ3v) is 14.3. The minimum Gasteiger partial charge on any atom is -0.462 e. The molecular formula is C70H117O11P. The molecule has 0 saturated heterocycles. The van der Waals surface area contributed by atoms with Gasteiger partial charge in [-0.2, -0.15) is 0 Å². The van der Waals surface area contributed by atoms with Gasteiger partial charge in [-0.3, -0.25) is 23.4 Å². The summed E-state index contributed by atoms with van der Waals surface area (Å²) in [7, 11) is -4.79. The maximum absolute atomic E-state index is 13.0. The number of esters is 3. The molecule has 0 aromatic carbocycles. The van der Waals surface area contributed by atoms with Crippen LogP contribution in [0.3, 0.4) is 0 Å². The van der Waals surface area contributed by atoms with Gasteiger partial charge in [0.25, 0.3) is 0 Å². The Kier molecular flexibility index (Phi) is 59.8. The van der Waals surface area contributed by atoms with Crippen LogP contribution in [-0.4, -0.2) is 66.5 Å². The molecule has 2 N–H and O–H groups in total. The summed E-state index contributed by atoms with van der Waals surface area (Å²) in [5.74, 6) is -1.59. The Morgan fingerprint density at radius 3 is 1.09 bits per heavy atom. The van der Waals surface area contributed by atoms with E-state index in [9.17, 15) is 28.9 Å². The van der Waals surface area contributed by atoms with Crippen LogP contribution in [-0.2, 0) is 42.2 Å². The first-order valence-electron chi connectivity index (χ1n) is 32.4. The van der Waals surface area contributed by atoms with Crippen molar-refractivity contribution in [3.63, 3.8) is 0 Å². The molecule has 0 saturated carbocycles. The fourth-order valence-electron chi connectivity index (χ4n) is 8.44. The van der Waals surface area contributed by atoms with Crippen molar-refractivity contribution in [2.75, 3.05) is 26.4 Å². The number of ether oxygens (including phenoxy) is 3. The topological polar surface area (TPSA) is 155 Å². The van der Waals surface area contributed by atoms with E-state index in [1.54, 1.807) is 0 Å². The van der Waals surface area contributed by atoms with Gasteiger partial charge in [-0.25, -0.2) is 4.57 Å². The van der Waals surface area contributed by atoms with Gasteiger partial charge in [-0.15, -0.1) is 0 Å². The van der Waals surface area contributed by atoms with Crippen molar-refractivity contribution in [3.05, 3.63) is 122 Å². The fourth-order valence-corrected chi connectivity index (χ4v) is 9.23. The van der Waals surface area contributed by atoms with Crippen LogP contribution in [0.15, 0.2) is 122 Å². The molecule has 0 amide bonds. The number of aliphatic hydroxyl groups excluding tert-OH is 1. The smallest absolute Gasteiger partial charge is 0.462 e. The van der Waals surface area contributed by atoms with Crippen molar-refractivity contribution >= 4 is 25.7 Å². The molecule has 0 spiro atoms. The van der Waals surface area contributed by atoms with Gasteiger partial charge >= 0.3 is 25.7 Å². The Morgan fingerprint density at radius 2 is 0.659 bits per heavy atom. The first-order chi connectivity index (χ1) is 40.2. The largest absolute Gasteiger partial charge is 0.472 e. The maximum Gasteiger partial charge on any atom is 0.472 e. The monoisotopic (exact) mass is 1160 g/mol. The van der Waals surface area contributed by atoms with Gasteiger partial charge in [-0.1, -0.05) is 245 Å². The Hall–Kier alpha value is -4.12. The van der Waals surface area contributed by atoms with Crippen LogP contribution in [0.25, 0.3) is 0 Å². The number of unbranched alkanes of at least 4 members (excludes halogenated alkanes) is 22. The second-order valence-electron chi connectivity index (χ2n) is 21.2. The van der Waals surface area contributed by atoms with E-state index in [1.165, 1.54) is 89.9 Å². The van der Waals surface area contributed by atoms with E-state index in [0.29, 0.717) is 25.7 Å². The highest BCUT2D eigenvalue weighted by Gasteiger charge is 2.28. The molecule has 0 radical (unpaired) electrons. The summed E-state index contributed by atoms with van der Waals surface area (Å²) >= 11 is 0. The van der Waals surface area contributed by atoms with Crippen molar-refractivity contribution in [1.82, 2.24) is 0 Å². The maximum atomic E-state index is 13.0. The lowest BCUT2D eigenvalue weighted by Crippen LogP contribution is -2.30. The molecule has 0 aliphatic rings. The average Bonchev–Trinajstić information content (AvgIpc) is 3.50. The van der Waals surface area contributed by atoms with E-state index in [0.717, 1.165) is 109 Å². The number of carbonyl (C=O) groups is 3. The van der Waals surface area contributed by atoms with E-state index < -0.39 is 57.8 Å². The molecule has 0 aromatic rings. The Morgan fingerprint density at radius 1 is 0.354 bits per heavy atom. The van der Waals surface area contributed by atoms with Gasteiger partial charge in [-0.05, 0) is 122 Å². The molecule has 0 heterocycles. The Balaban J connectivity index is 4.82. The Bertz CT molecular complexity index is 1840. The normalized spacial score (nSPS) is 14.1. The van der Waals surface area contributed by atoms with Crippen LogP contribution in [0.4, 0.5) is 0 Å². The lowest BCUT2D eigenvalue weighted by Gasteiger charge is -2.21. The predicted octanol–water partition coefficient (Wildman–Crippen LogP) is 19.9. The quantitative estimate of drug-likeness (QED) is 0.0197. The average molecular weight is 1170 g/mol. The van der Waals surface area contributed by atoms with Gasteiger partial charge in [0.2, 0.25) is 0 Å². The van der Waals surface area contributed by atoms with Crippen molar-refractivity contribution in [2.45, 2.75) is 277 Å². The molecular weight excluding hydrogens is 1050 g/mol. The van der Waals surface area contributed by atoms with Crippen molar-refractivity contribution in [2.24, 2.45) is 0 Å². The minimum atomic E-state index is -4.79. The van der Waals surface area contributed by atoms with Crippen molar-refractivity contribution < 1.29 is 52.2 Å². The van der Waals surface area contributed by atoms with Crippen LogP contribution in [0.5, 0.6) is 0 Å². The number of hydrogen-bond donors (Lipinski definition) is 2. The number of rotatable bonds is 59. The molecule has 0 aliphatic carbocycles. The van der Waals surface area contributed by atoms with Crippen LogP contribution in [0.2, 0.25) is 0 Å². The summed E-state index contributed by atoms with van der Waals surface area (Å²) in [6, 6.07) is 0. The zero-order valence-corrected chi connectivity index (χ0v) is 52.8. The van der Waals surface area contributed by atoms with E-state index in [1.807, 2.05) is 12.2 Å². The molecule has 0 rings (SSSR count). The molecule has 3 atom stereocenters. The Labute approximate surface area is 500 Å². The van der Waals surface area contributed by atoms with Crippen LogP contribution < -0.4 is 0 Å². The predicted molar refractivity (Wildman–Crippen MR) is 343 cm³/mol. The van der Waals surface area contributed by atoms with Crippen molar-refractivity contribution in [3.8, 4) is 0 Å².